The SMILES string of the molecule is CC(NC(=O)C(N)C(C)C)C(=O)NC(CS)C(=O)NC(Cc1ccccc1)C(=O)O. The third kappa shape index (κ3) is 8.03. The summed E-state index contributed by atoms with van der Waals surface area (Å²) in [6, 6.07) is 4.92. The predicted molar refractivity (Wildman–Crippen MR) is 116 cm³/mol. The number of nitrogens with two attached hydrogens (primary N) is 1. The average molecular weight is 439 g/mol. The van der Waals surface area contributed by atoms with Gasteiger partial charge in [0.2, 0.25) is 17.7 Å². The Bertz CT molecular complexity index is 744. The van der Waals surface area contributed by atoms with Crippen LogP contribution in [0.1, 0.15) is 26.3 Å². The molecule has 0 spiro atoms. The lowest BCUT2D eigenvalue weighted by atomic mass is 10.0. The van der Waals surface area contributed by atoms with Gasteiger partial charge in [0.1, 0.15) is 18.1 Å². The molecule has 1 rings (SSSR count). The van der Waals surface area contributed by atoms with Gasteiger partial charge in [0.25, 0.3) is 0 Å². The van der Waals surface area contributed by atoms with Gasteiger partial charge in [0.05, 0.1) is 6.04 Å². The zero-order chi connectivity index (χ0) is 22.8. The normalized spacial score (nSPS) is 14.9. The van der Waals surface area contributed by atoms with Gasteiger partial charge in [0, 0.05) is 12.2 Å². The van der Waals surface area contributed by atoms with E-state index in [1.165, 1.54) is 6.92 Å². The van der Waals surface area contributed by atoms with Crippen molar-refractivity contribution in [3.8, 4) is 0 Å². The number of nitrogens with one attached hydrogen (secondary N) is 3. The van der Waals surface area contributed by atoms with Crippen LogP contribution in [-0.4, -0.2) is 58.7 Å². The van der Waals surface area contributed by atoms with Crippen LogP contribution in [0.2, 0.25) is 0 Å². The molecule has 0 saturated heterocycles. The molecule has 3 amide bonds. The molecule has 0 heterocycles. The molecule has 10 heteroatoms. The van der Waals surface area contributed by atoms with E-state index in [0.29, 0.717) is 0 Å². The number of carbonyl (C=O) groups is 4. The summed E-state index contributed by atoms with van der Waals surface area (Å²) in [5, 5.41) is 16.8. The molecule has 6 N–H and O–H groups in total. The number of amides is 3. The van der Waals surface area contributed by atoms with Crippen molar-refractivity contribution in [2.75, 3.05) is 5.75 Å². The van der Waals surface area contributed by atoms with Crippen LogP contribution in [0.4, 0.5) is 0 Å². The molecule has 0 aliphatic heterocycles. The van der Waals surface area contributed by atoms with E-state index < -0.39 is 47.9 Å². The molecule has 0 fully saturated rings. The summed E-state index contributed by atoms with van der Waals surface area (Å²) in [5.41, 5.74) is 6.50. The molecular weight excluding hydrogens is 408 g/mol. The molecule has 0 aliphatic carbocycles. The maximum atomic E-state index is 12.5. The summed E-state index contributed by atoms with van der Waals surface area (Å²) in [5.74, 6) is -3.12. The number of carboxylic acids is 1. The van der Waals surface area contributed by atoms with Crippen molar-refractivity contribution < 1.29 is 24.3 Å². The summed E-state index contributed by atoms with van der Waals surface area (Å²) in [7, 11) is 0. The van der Waals surface area contributed by atoms with Crippen molar-refractivity contribution in [2.24, 2.45) is 11.7 Å². The van der Waals surface area contributed by atoms with E-state index in [-0.39, 0.29) is 18.1 Å². The number of carboxylic acid groups (broad SMARTS) is 1. The van der Waals surface area contributed by atoms with E-state index in [0.717, 1.165) is 5.56 Å². The van der Waals surface area contributed by atoms with Crippen molar-refractivity contribution in [3.63, 3.8) is 0 Å². The Morgan fingerprint density at radius 3 is 2.00 bits per heavy atom. The van der Waals surface area contributed by atoms with Gasteiger partial charge < -0.3 is 26.8 Å². The van der Waals surface area contributed by atoms with Crippen LogP contribution in [0.3, 0.4) is 0 Å². The monoisotopic (exact) mass is 438 g/mol. The first kappa shape index (κ1) is 25.4. The van der Waals surface area contributed by atoms with Crippen LogP contribution in [-0.2, 0) is 25.6 Å². The van der Waals surface area contributed by atoms with E-state index >= 15 is 0 Å². The highest BCUT2D eigenvalue weighted by atomic mass is 32.1. The van der Waals surface area contributed by atoms with Crippen LogP contribution in [0.5, 0.6) is 0 Å². The third-order valence-electron chi connectivity index (χ3n) is 4.49. The Morgan fingerprint density at radius 1 is 0.933 bits per heavy atom. The van der Waals surface area contributed by atoms with Gasteiger partial charge in [-0.15, -0.1) is 0 Å². The lowest BCUT2D eigenvalue weighted by Gasteiger charge is -2.23. The number of hydrogen-bond donors (Lipinski definition) is 6. The summed E-state index contributed by atoms with van der Waals surface area (Å²) in [4.78, 5) is 48.4. The molecule has 0 saturated carbocycles. The fourth-order valence-electron chi connectivity index (χ4n) is 2.49. The van der Waals surface area contributed by atoms with Crippen LogP contribution in [0.15, 0.2) is 30.3 Å². The molecular formula is C20H30N4O5S. The van der Waals surface area contributed by atoms with Crippen molar-refractivity contribution >= 4 is 36.3 Å². The maximum absolute atomic E-state index is 12.5. The summed E-state index contributed by atoms with van der Waals surface area (Å²) in [6.07, 6.45) is 0.0920. The zero-order valence-corrected chi connectivity index (χ0v) is 18.2. The summed E-state index contributed by atoms with van der Waals surface area (Å²) in [6.45, 7) is 5.03. The van der Waals surface area contributed by atoms with Crippen molar-refractivity contribution in [3.05, 3.63) is 35.9 Å². The molecule has 0 aliphatic rings. The minimum Gasteiger partial charge on any atom is -0.480 e. The molecule has 0 bridgehead atoms. The second-order valence-corrected chi connectivity index (χ2v) is 7.70. The second kappa shape index (κ2) is 12.2. The first-order chi connectivity index (χ1) is 14.1. The van der Waals surface area contributed by atoms with E-state index in [1.54, 1.807) is 44.2 Å². The highest BCUT2D eigenvalue weighted by molar-refractivity contribution is 7.80. The smallest absolute Gasteiger partial charge is 0.326 e. The lowest BCUT2D eigenvalue weighted by molar-refractivity contribution is -0.142. The van der Waals surface area contributed by atoms with Crippen LogP contribution in [0, 0.1) is 5.92 Å². The Kier molecular flexibility index (Phi) is 10.3. The van der Waals surface area contributed by atoms with E-state index in [4.69, 9.17) is 5.73 Å². The first-order valence-electron chi connectivity index (χ1n) is 9.61. The minimum atomic E-state index is -1.19. The van der Waals surface area contributed by atoms with Gasteiger partial charge in [-0.3, -0.25) is 14.4 Å². The maximum Gasteiger partial charge on any atom is 0.326 e. The fraction of sp³-hybridized carbons (Fsp3) is 0.500. The summed E-state index contributed by atoms with van der Waals surface area (Å²) < 4.78 is 0. The standard InChI is InChI=1S/C20H30N4O5S/c1-11(2)16(21)19(27)22-12(3)17(25)24-15(10-30)18(26)23-14(20(28)29)9-13-7-5-4-6-8-13/h4-8,11-12,14-16,30H,9-10,21H2,1-3H3,(H,22,27)(H,23,26)(H,24,25)(H,28,29). The Hall–Kier alpha value is -2.59. The molecule has 1 aromatic carbocycles. The quantitative estimate of drug-likeness (QED) is 0.261. The molecule has 1 aromatic rings. The van der Waals surface area contributed by atoms with E-state index in [1.807, 2.05) is 0 Å². The number of thiol groups is 1. The highest BCUT2D eigenvalue weighted by Gasteiger charge is 2.28. The second-order valence-electron chi connectivity index (χ2n) is 7.33. The van der Waals surface area contributed by atoms with E-state index in [2.05, 4.69) is 28.6 Å². The number of carbonyl (C=O) groups excluding carboxylic acids is 3. The van der Waals surface area contributed by atoms with Crippen molar-refractivity contribution in [1.29, 1.82) is 0 Å². The largest absolute Gasteiger partial charge is 0.480 e. The fourth-order valence-corrected chi connectivity index (χ4v) is 2.75. The Balaban J connectivity index is 2.70. The molecule has 30 heavy (non-hydrogen) atoms. The van der Waals surface area contributed by atoms with E-state index in [9.17, 15) is 24.3 Å². The number of aliphatic carboxylic acids is 1. The first-order valence-corrected chi connectivity index (χ1v) is 10.2. The zero-order valence-electron chi connectivity index (χ0n) is 17.3. The molecule has 4 unspecified atom stereocenters. The van der Waals surface area contributed by atoms with Crippen molar-refractivity contribution in [1.82, 2.24) is 16.0 Å². The molecule has 4 atom stereocenters. The average Bonchev–Trinajstić information content (AvgIpc) is 2.70. The number of benzene rings is 1. The summed E-state index contributed by atoms with van der Waals surface area (Å²) >= 11 is 4.07. The van der Waals surface area contributed by atoms with Gasteiger partial charge in [-0.25, -0.2) is 4.79 Å². The van der Waals surface area contributed by atoms with Gasteiger partial charge in [0.15, 0.2) is 0 Å². The lowest BCUT2D eigenvalue weighted by Crippen LogP contribution is -2.57. The molecule has 166 valence electrons. The highest BCUT2D eigenvalue weighted by Crippen LogP contribution is 2.05. The molecule has 0 radical (unpaired) electrons. The van der Waals surface area contributed by atoms with Gasteiger partial charge >= 0.3 is 5.97 Å². The van der Waals surface area contributed by atoms with Gasteiger partial charge in [-0.05, 0) is 18.4 Å². The minimum absolute atomic E-state index is 0.0541. The van der Waals surface area contributed by atoms with Gasteiger partial charge in [-0.1, -0.05) is 44.2 Å². The van der Waals surface area contributed by atoms with Crippen LogP contribution < -0.4 is 21.7 Å². The van der Waals surface area contributed by atoms with Gasteiger partial charge in [-0.2, -0.15) is 12.6 Å². The third-order valence-corrected chi connectivity index (χ3v) is 4.85. The molecule has 9 nitrogen and oxygen atoms in total. The molecule has 0 aromatic heterocycles. The number of hydrogen-bond acceptors (Lipinski definition) is 6. The number of rotatable bonds is 11. The predicted octanol–water partition coefficient (Wildman–Crippen LogP) is -0.299. The van der Waals surface area contributed by atoms with Crippen molar-refractivity contribution in [2.45, 2.75) is 51.4 Å². The topological polar surface area (TPSA) is 151 Å². The Morgan fingerprint density at radius 2 is 1.50 bits per heavy atom. The van der Waals surface area contributed by atoms with Crippen LogP contribution in [0.25, 0.3) is 0 Å². The van der Waals surface area contributed by atoms with Crippen LogP contribution >= 0.6 is 12.6 Å². The Labute approximate surface area is 181 Å².